The van der Waals surface area contributed by atoms with E-state index in [-0.39, 0.29) is 17.2 Å². The lowest BCUT2D eigenvalue weighted by Gasteiger charge is -2.26. The standard InChI is InChI=1S/C18H21N3O3S2/c1-2-6-21-17(23)15-12-4-3-5-13(12)26-16(15)19-18(21)25-11-14(22)20-7-9-24-10-8-20/h2H,1,3-11H2. The summed E-state index contributed by atoms with van der Waals surface area (Å²) in [4.78, 5) is 34.1. The maximum Gasteiger partial charge on any atom is 0.263 e. The molecule has 6 nitrogen and oxygen atoms in total. The zero-order valence-electron chi connectivity index (χ0n) is 14.5. The fourth-order valence-corrected chi connectivity index (χ4v) is 5.70. The molecular weight excluding hydrogens is 370 g/mol. The molecule has 3 heterocycles. The second-order valence-electron chi connectivity index (χ2n) is 6.42. The van der Waals surface area contributed by atoms with Crippen LogP contribution < -0.4 is 5.56 Å². The SMILES string of the molecule is C=CCn1c(SCC(=O)N2CCOCC2)nc2sc3c(c2c1=O)CCC3. The van der Waals surface area contributed by atoms with Crippen molar-refractivity contribution in [2.75, 3.05) is 32.1 Å². The van der Waals surface area contributed by atoms with E-state index in [1.807, 2.05) is 4.90 Å². The molecule has 1 aliphatic heterocycles. The molecular formula is C18H21N3O3S2. The summed E-state index contributed by atoms with van der Waals surface area (Å²) in [7, 11) is 0. The lowest BCUT2D eigenvalue weighted by molar-refractivity contribution is -0.132. The van der Waals surface area contributed by atoms with Crippen molar-refractivity contribution >= 4 is 39.2 Å². The molecule has 0 saturated carbocycles. The number of aromatic nitrogens is 2. The molecule has 2 aromatic rings. The van der Waals surface area contributed by atoms with Gasteiger partial charge >= 0.3 is 0 Å². The van der Waals surface area contributed by atoms with E-state index in [9.17, 15) is 9.59 Å². The van der Waals surface area contributed by atoms with E-state index in [4.69, 9.17) is 9.72 Å². The van der Waals surface area contributed by atoms with Crippen LogP contribution in [0.25, 0.3) is 10.2 Å². The number of amides is 1. The third-order valence-electron chi connectivity index (χ3n) is 4.79. The Morgan fingerprint density at radius 1 is 1.35 bits per heavy atom. The number of thiophene rings is 1. The van der Waals surface area contributed by atoms with Gasteiger partial charge in [-0.2, -0.15) is 0 Å². The summed E-state index contributed by atoms with van der Waals surface area (Å²) < 4.78 is 6.94. The number of carbonyl (C=O) groups is 1. The number of rotatable bonds is 5. The van der Waals surface area contributed by atoms with Gasteiger partial charge in [-0.1, -0.05) is 17.8 Å². The maximum absolute atomic E-state index is 13.1. The Balaban J connectivity index is 1.63. The highest BCUT2D eigenvalue weighted by molar-refractivity contribution is 7.99. The molecule has 0 radical (unpaired) electrons. The van der Waals surface area contributed by atoms with Crippen LogP contribution >= 0.6 is 23.1 Å². The number of hydrogen-bond donors (Lipinski definition) is 0. The van der Waals surface area contributed by atoms with Gasteiger partial charge in [-0.25, -0.2) is 4.98 Å². The first-order valence-corrected chi connectivity index (χ1v) is 10.6. The van der Waals surface area contributed by atoms with Crippen LogP contribution in [-0.4, -0.2) is 52.4 Å². The molecule has 0 bridgehead atoms. The van der Waals surface area contributed by atoms with E-state index in [0.29, 0.717) is 38.0 Å². The van der Waals surface area contributed by atoms with E-state index in [1.54, 1.807) is 22.0 Å². The first-order chi connectivity index (χ1) is 12.7. The van der Waals surface area contributed by atoms with Crippen molar-refractivity contribution in [2.24, 2.45) is 0 Å². The number of allylic oxidation sites excluding steroid dienone is 1. The van der Waals surface area contributed by atoms with Gasteiger partial charge in [-0.15, -0.1) is 17.9 Å². The van der Waals surface area contributed by atoms with Crippen LogP contribution in [0.5, 0.6) is 0 Å². The molecule has 1 aliphatic carbocycles. The Labute approximate surface area is 159 Å². The predicted molar refractivity (Wildman–Crippen MR) is 104 cm³/mol. The molecule has 8 heteroatoms. The molecule has 4 rings (SSSR count). The zero-order chi connectivity index (χ0) is 18.1. The van der Waals surface area contributed by atoms with E-state index in [0.717, 1.165) is 29.5 Å². The van der Waals surface area contributed by atoms with Gasteiger partial charge in [0.1, 0.15) is 4.83 Å². The summed E-state index contributed by atoms with van der Waals surface area (Å²) in [5, 5.41) is 1.37. The largest absolute Gasteiger partial charge is 0.378 e. The normalized spacial score (nSPS) is 16.8. The minimum atomic E-state index is -0.00405. The zero-order valence-corrected chi connectivity index (χ0v) is 16.2. The first kappa shape index (κ1) is 17.8. The molecule has 138 valence electrons. The number of aryl methyl sites for hydroxylation is 2. The van der Waals surface area contributed by atoms with Gasteiger partial charge in [0.05, 0.1) is 24.4 Å². The van der Waals surface area contributed by atoms with Crippen LogP contribution in [0.3, 0.4) is 0 Å². The number of nitrogens with zero attached hydrogens (tertiary/aromatic N) is 3. The maximum atomic E-state index is 13.1. The Morgan fingerprint density at radius 2 is 2.15 bits per heavy atom. The van der Waals surface area contributed by atoms with Gasteiger partial charge in [0.25, 0.3) is 5.56 Å². The smallest absolute Gasteiger partial charge is 0.263 e. The van der Waals surface area contributed by atoms with Crippen LogP contribution in [-0.2, 0) is 28.9 Å². The Bertz CT molecular complexity index is 913. The number of carbonyl (C=O) groups excluding carboxylic acids is 1. The molecule has 2 aromatic heterocycles. The van der Waals surface area contributed by atoms with E-state index >= 15 is 0 Å². The summed E-state index contributed by atoms with van der Waals surface area (Å²) in [6.07, 6.45) is 4.82. The number of morpholine rings is 1. The predicted octanol–water partition coefficient (Wildman–Crippen LogP) is 2.08. The van der Waals surface area contributed by atoms with Crippen molar-refractivity contribution in [1.82, 2.24) is 14.5 Å². The summed E-state index contributed by atoms with van der Waals surface area (Å²) in [6.45, 7) is 6.59. The van der Waals surface area contributed by atoms with Gasteiger partial charge in [-0.05, 0) is 24.8 Å². The first-order valence-electron chi connectivity index (χ1n) is 8.83. The third kappa shape index (κ3) is 3.21. The van der Waals surface area contributed by atoms with Gasteiger partial charge in [0, 0.05) is 24.5 Å². The van der Waals surface area contributed by atoms with Crippen molar-refractivity contribution in [3.63, 3.8) is 0 Å². The monoisotopic (exact) mass is 391 g/mol. The third-order valence-corrected chi connectivity index (χ3v) is 6.94. The Kier molecular flexibility index (Phi) is 5.15. The summed E-state index contributed by atoms with van der Waals surface area (Å²) in [5.74, 6) is 0.340. The molecule has 0 unspecified atom stereocenters. The molecule has 1 amide bonds. The second kappa shape index (κ2) is 7.54. The van der Waals surface area contributed by atoms with Crippen molar-refractivity contribution in [1.29, 1.82) is 0 Å². The number of ether oxygens (including phenoxy) is 1. The molecule has 0 aromatic carbocycles. The van der Waals surface area contributed by atoms with E-state index < -0.39 is 0 Å². The highest BCUT2D eigenvalue weighted by Crippen LogP contribution is 2.35. The average Bonchev–Trinajstić information content (AvgIpc) is 3.24. The molecule has 0 spiro atoms. The summed E-state index contributed by atoms with van der Waals surface area (Å²) in [6, 6.07) is 0. The van der Waals surface area contributed by atoms with Crippen molar-refractivity contribution in [2.45, 2.75) is 31.0 Å². The quantitative estimate of drug-likeness (QED) is 0.444. The van der Waals surface area contributed by atoms with Gasteiger partial charge in [0.15, 0.2) is 5.16 Å². The van der Waals surface area contributed by atoms with Crippen molar-refractivity contribution < 1.29 is 9.53 Å². The average molecular weight is 392 g/mol. The van der Waals surface area contributed by atoms with Crippen LogP contribution in [0, 0.1) is 0 Å². The van der Waals surface area contributed by atoms with Crippen LogP contribution in [0.2, 0.25) is 0 Å². The van der Waals surface area contributed by atoms with E-state index in [2.05, 4.69) is 6.58 Å². The van der Waals surface area contributed by atoms with Crippen LogP contribution in [0.15, 0.2) is 22.6 Å². The molecule has 2 aliphatic rings. The Morgan fingerprint density at radius 3 is 2.92 bits per heavy atom. The highest BCUT2D eigenvalue weighted by atomic mass is 32.2. The molecule has 1 saturated heterocycles. The second-order valence-corrected chi connectivity index (χ2v) is 8.44. The summed E-state index contributed by atoms with van der Waals surface area (Å²) in [5.41, 5.74) is 1.18. The minimum absolute atomic E-state index is 0.00405. The van der Waals surface area contributed by atoms with Gasteiger partial charge < -0.3 is 9.64 Å². The van der Waals surface area contributed by atoms with Gasteiger partial charge in [-0.3, -0.25) is 14.2 Å². The van der Waals surface area contributed by atoms with Crippen LogP contribution in [0.1, 0.15) is 16.9 Å². The van der Waals surface area contributed by atoms with Gasteiger partial charge in [0.2, 0.25) is 5.91 Å². The molecule has 0 N–H and O–H groups in total. The lowest BCUT2D eigenvalue weighted by atomic mass is 10.2. The van der Waals surface area contributed by atoms with Crippen LogP contribution in [0.4, 0.5) is 0 Å². The fraction of sp³-hybridized carbons (Fsp3) is 0.500. The van der Waals surface area contributed by atoms with Crippen molar-refractivity contribution in [3.8, 4) is 0 Å². The molecule has 26 heavy (non-hydrogen) atoms. The molecule has 0 atom stereocenters. The minimum Gasteiger partial charge on any atom is -0.378 e. The molecule has 1 fully saturated rings. The van der Waals surface area contributed by atoms with E-state index in [1.165, 1.54) is 22.2 Å². The summed E-state index contributed by atoms with van der Waals surface area (Å²) >= 11 is 2.97. The highest BCUT2D eigenvalue weighted by Gasteiger charge is 2.24. The topological polar surface area (TPSA) is 64.4 Å². The fourth-order valence-electron chi connectivity index (χ4n) is 3.49. The number of thioether (sulfide) groups is 1. The lowest BCUT2D eigenvalue weighted by Crippen LogP contribution is -2.41. The Hall–Kier alpha value is -1.64. The number of hydrogen-bond acceptors (Lipinski definition) is 6. The number of fused-ring (bicyclic) bond motifs is 3. The van der Waals surface area contributed by atoms with Crippen molar-refractivity contribution in [3.05, 3.63) is 33.4 Å².